The summed E-state index contributed by atoms with van der Waals surface area (Å²) in [7, 11) is -3.02. The molecule has 0 aliphatic carbocycles. The van der Waals surface area contributed by atoms with Crippen LogP contribution in [-0.4, -0.2) is 55.6 Å². The summed E-state index contributed by atoms with van der Waals surface area (Å²) < 4.78 is 25.3. The molecule has 1 aromatic rings. The van der Waals surface area contributed by atoms with E-state index < -0.39 is 10.0 Å². The van der Waals surface area contributed by atoms with Crippen molar-refractivity contribution in [3.63, 3.8) is 0 Å². The number of sulfonamides is 1. The van der Waals surface area contributed by atoms with Crippen LogP contribution in [0.25, 0.3) is 0 Å². The molecule has 112 valence electrons. The SMILES string of the molecule is CCS(=O)(=O)N1CCN(C(C)Cc2ccccc2)CC1. The number of hydrogen-bond acceptors (Lipinski definition) is 3. The lowest BCUT2D eigenvalue weighted by atomic mass is 10.1. The molecule has 0 bridgehead atoms. The highest BCUT2D eigenvalue weighted by molar-refractivity contribution is 7.89. The summed E-state index contributed by atoms with van der Waals surface area (Å²) in [4.78, 5) is 2.38. The zero-order valence-electron chi connectivity index (χ0n) is 12.3. The van der Waals surface area contributed by atoms with Crippen molar-refractivity contribution >= 4 is 10.0 Å². The van der Waals surface area contributed by atoms with Gasteiger partial charge in [0.2, 0.25) is 10.0 Å². The molecule has 1 aromatic carbocycles. The highest BCUT2D eigenvalue weighted by Crippen LogP contribution is 2.13. The van der Waals surface area contributed by atoms with Crippen LogP contribution < -0.4 is 0 Å². The van der Waals surface area contributed by atoms with Gasteiger partial charge in [0.1, 0.15) is 0 Å². The van der Waals surface area contributed by atoms with E-state index in [2.05, 4.69) is 36.1 Å². The Morgan fingerprint density at radius 2 is 1.70 bits per heavy atom. The number of nitrogens with zero attached hydrogens (tertiary/aromatic N) is 2. The summed E-state index contributed by atoms with van der Waals surface area (Å²) in [5, 5.41) is 0. The predicted octanol–water partition coefficient (Wildman–Crippen LogP) is 1.58. The Labute approximate surface area is 122 Å². The molecule has 0 aromatic heterocycles. The van der Waals surface area contributed by atoms with Crippen LogP contribution in [0.15, 0.2) is 30.3 Å². The van der Waals surface area contributed by atoms with Gasteiger partial charge in [0.25, 0.3) is 0 Å². The van der Waals surface area contributed by atoms with E-state index in [0.717, 1.165) is 19.5 Å². The van der Waals surface area contributed by atoms with E-state index in [4.69, 9.17) is 0 Å². The average Bonchev–Trinajstić information content (AvgIpc) is 2.48. The molecular formula is C15H24N2O2S. The lowest BCUT2D eigenvalue weighted by Crippen LogP contribution is -2.52. The zero-order chi connectivity index (χ0) is 14.6. The molecule has 1 aliphatic rings. The minimum absolute atomic E-state index is 0.201. The molecule has 2 rings (SSSR count). The standard InChI is InChI=1S/C15H24N2O2S/c1-3-20(18,19)17-11-9-16(10-12-17)14(2)13-15-7-5-4-6-8-15/h4-8,14H,3,9-13H2,1-2H3. The Kier molecular flexibility index (Phi) is 5.18. The fourth-order valence-electron chi connectivity index (χ4n) is 2.69. The lowest BCUT2D eigenvalue weighted by Gasteiger charge is -2.37. The molecule has 1 unspecified atom stereocenters. The largest absolute Gasteiger partial charge is 0.298 e. The number of piperazine rings is 1. The van der Waals surface area contributed by atoms with Crippen LogP contribution in [0.3, 0.4) is 0 Å². The van der Waals surface area contributed by atoms with Gasteiger partial charge >= 0.3 is 0 Å². The van der Waals surface area contributed by atoms with Gasteiger partial charge < -0.3 is 0 Å². The number of benzene rings is 1. The fourth-order valence-corrected chi connectivity index (χ4v) is 3.77. The molecule has 0 spiro atoms. The Bertz CT molecular complexity index is 508. The molecule has 20 heavy (non-hydrogen) atoms. The van der Waals surface area contributed by atoms with Crippen LogP contribution in [0, 0.1) is 0 Å². The normalized spacial score (nSPS) is 19.9. The smallest absolute Gasteiger partial charge is 0.213 e. The summed E-state index contributed by atoms with van der Waals surface area (Å²) in [6.45, 7) is 6.82. The predicted molar refractivity (Wildman–Crippen MR) is 82.2 cm³/mol. The first-order valence-electron chi connectivity index (χ1n) is 7.28. The third-order valence-electron chi connectivity index (χ3n) is 4.03. The minimum Gasteiger partial charge on any atom is -0.298 e. The molecule has 1 atom stereocenters. The summed E-state index contributed by atoms with van der Waals surface area (Å²) in [6, 6.07) is 10.9. The average molecular weight is 296 g/mol. The monoisotopic (exact) mass is 296 g/mol. The van der Waals surface area contributed by atoms with Gasteiger partial charge in [0, 0.05) is 32.2 Å². The molecule has 1 saturated heterocycles. The van der Waals surface area contributed by atoms with Crippen LogP contribution in [0.4, 0.5) is 0 Å². The van der Waals surface area contributed by atoms with Gasteiger partial charge in [-0.3, -0.25) is 4.90 Å². The highest BCUT2D eigenvalue weighted by Gasteiger charge is 2.27. The maximum atomic E-state index is 11.8. The molecular weight excluding hydrogens is 272 g/mol. The van der Waals surface area contributed by atoms with E-state index >= 15 is 0 Å². The van der Waals surface area contributed by atoms with Crippen LogP contribution in [-0.2, 0) is 16.4 Å². The molecule has 0 saturated carbocycles. The topological polar surface area (TPSA) is 40.6 Å². The third kappa shape index (κ3) is 3.81. The van der Waals surface area contributed by atoms with Gasteiger partial charge in [-0.2, -0.15) is 4.31 Å². The number of rotatable bonds is 5. The maximum absolute atomic E-state index is 11.8. The van der Waals surface area contributed by atoms with Gasteiger partial charge in [-0.05, 0) is 25.8 Å². The molecule has 5 heteroatoms. The van der Waals surface area contributed by atoms with Crippen LogP contribution in [0.1, 0.15) is 19.4 Å². The Hall–Kier alpha value is -0.910. The minimum atomic E-state index is -3.02. The molecule has 1 fully saturated rings. The van der Waals surface area contributed by atoms with Gasteiger partial charge in [0.15, 0.2) is 0 Å². The van der Waals surface area contributed by atoms with E-state index in [1.807, 2.05) is 6.07 Å². The first-order chi connectivity index (χ1) is 9.53. The summed E-state index contributed by atoms with van der Waals surface area (Å²) in [6.07, 6.45) is 1.02. The van der Waals surface area contributed by atoms with Gasteiger partial charge in [-0.15, -0.1) is 0 Å². The first kappa shape index (κ1) is 15.5. The number of hydrogen-bond donors (Lipinski definition) is 0. The van der Waals surface area contributed by atoms with E-state index in [1.54, 1.807) is 11.2 Å². The van der Waals surface area contributed by atoms with Gasteiger partial charge in [-0.1, -0.05) is 30.3 Å². The second-order valence-corrected chi connectivity index (χ2v) is 7.63. The summed E-state index contributed by atoms with van der Waals surface area (Å²) in [5.74, 6) is 0.201. The zero-order valence-corrected chi connectivity index (χ0v) is 13.1. The second-order valence-electron chi connectivity index (χ2n) is 5.37. The van der Waals surface area contributed by atoms with Crippen molar-refractivity contribution in [2.24, 2.45) is 0 Å². The molecule has 0 amide bonds. The van der Waals surface area contributed by atoms with Crippen LogP contribution in [0.2, 0.25) is 0 Å². The van der Waals surface area contributed by atoms with E-state index in [9.17, 15) is 8.42 Å². The van der Waals surface area contributed by atoms with E-state index in [0.29, 0.717) is 19.1 Å². The van der Waals surface area contributed by atoms with Crippen molar-refractivity contribution in [1.82, 2.24) is 9.21 Å². The van der Waals surface area contributed by atoms with Crippen molar-refractivity contribution in [3.8, 4) is 0 Å². The Balaban J connectivity index is 1.87. The van der Waals surface area contributed by atoms with Gasteiger partial charge in [0.05, 0.1) is 5.75 Å². The first-order valence-corrected chi connectivity index (χ1v) is 8.89. The van der Waals surface area contributed by atoms with E-state index in [-0.39, 0.29) is 5.75 Å². The van der Waals surface area contributed by atoms with E-state index in [1.165, 1.54) is 5.56 Å². The summed E-state index contributed by atoms with van der Waals surface area (Å²) in [5.41, 5.74) is 1.34. The maximum Gasteiger partial charge on any atom is 0.213 e. The molecule has 0 radical (unpaired) electrons. The van der Waals surface area contributed by atoms with Gasteiger partial charge in [-0.25, -0.2) is 8.42 Å². The molecule has 1 aliphatic heterocycles. The van der Waals surface area contributed by atoms with Crippen LogP contribution in [0.5, 0.6) is 0 Å². The van der Waals surface area contributed by atoms with Crippen LogP contribution >= 0.6 is 0 Å². The quantitative estimate of drug-likeness (QED) is 0.828. The highest BCUT2D eigenvalue weighted by atomic mass is 32.2. The third-order valence-corrected chi connectivity index (χ3v) is 5.91. The Morgan fingerprint density at radius 3 is 2.25 bits per heavy atom. The molecule has 1 heterocycles. The van der Waals surface area contributed by atoms with Crippen molar-refractivity contribution < 1.29 is 8.42 Å². The summed E-state index contributed by atoms with van der Waals surface area (Å²) >= 11 is 0. The van der Waals surface area contributed by atoms with Crippen molar-refractivity contribution in [2.75, 3.05) is 31.9 Å². The Morgan fingerprint density at radius 1 is 1.10 bits per heavy atom. The molecule has 4 nitrogen and oxygen atoms in total. The fraction of sp³-hybridized carbons (Fsp3) is 0.600. The molecule has 0 N–H and O–H groups in total. The second kappa shape index (κ2) is 6.70. The lowest BCUT2D eigenvalue weighted by molar-refractivity contribution is 0.145. The van der Waals surface area contributed by atoms with Crippen molar-refractivity contribution in [2.45, 2.75) is 26.3 Å². The van der Waals surface area contributed by atoms with Crippen molar-refractivity contribution in [3.05, 3.63) is 35.9 Å². The van der Waals surface area contributed by atoms with Crippen molar-refractivity contribution in [1.29, 1.82) is 0 Å².